The number of carbonyl (C=O) groups is 1. The molecule has 0 bridgehead atoms. The number of halogens is 1. The van der Waals surface area contributed by atoms with E-state index in [9.17, 15) is 4.79 Å². The third-order valence-electron chi connectivity index (χ3n) is 5.93. The number of fused-ring (bicyclic) bond motifs is 1. The van der Waals surface area contributed by atoms with E-state index in [0.717, 1.165) is 73.1 Å². The molecule has 2 heterocycles. The first-order chi connectivity index (χ1) is 14.1. The van der Waals surface area contributed by atoms with Gasteiger partial charge < -0.3 is 20.4 Å². The summed E-state index contributed by atoms with van der Waals surface area (Å²) < 4.78 is 0. The summed E-state index contributed by atoms with van der Waals surface area (Å²) in [7, 11) is 0. The van der Waals surface area contributed by atoms with Crippen LogP contribution in [-0.4, -0.2) is 48.6 Å². The van der Waals surface area contributed by atoms with Crippen molar-refractivity contribution in [3.8, 4) is 0 Å². The number of nitrogens with one attached hydrogen (secondary N) is 2. The SMILES string of the molecule is CCN1CCN(c2cc(CNC(=O)NC3CCc4c(Cl)cccc43)ccn2)CC1. The lowest BCUT2D eigenvalue weighted by Crippen LogP contribution is -2.46. The van der Waals surface area contributed by atoms with E-state index in [1.165, 1.54) is 0 Å². The zero-order chi connectivity index (χ0) is 20.2. The summed E-state index contributed by atoms with van der Waals surface area (Å²) in [6.45, 7) is 7.88. The number of hydrogen-bond donors (Lipinski definition) is 2. The first kappa shape index (κ1) is 20.0. The van der Waals surface area contributed by atoms with Gasteiger partial charge in [-0.2, -0.15) is 0 Å². The van der Waals surface area contributed by atoms with E-state index in [2.05, 4.69) is 38.4 Å². The van der Waals surface area contributed by atoms with E-state index in [1.807, 2.05) is 30.5 Å². The summed E-state index contributed by atoms with van der Waals surface area (Å²) in [4.78, 5) is 21.7. The minimum absolute atomic E-state index is 0.0200. The Bertz CT molecular complexity index is 866. The van der Waals surface area contributed by atoms with Crippen molar-refractivity contribution in [2.45, 2.75) is 32.4 Å². The Morgan fingerprint density at radius 2 is 2.07 bits per heavy atom. The first-order valence-corrected chi connectivity index (χ1v) is 10.8. The molecule has 1 unspecified atom stereocenters. The third kappa shape index (κ3) is 4.65. The molecule has 2 aliphatic rings. The maximum absolute atomic E-state index is 12.4. The molecule has 29 heavy (non-hydrogen) atoms. The second-order valence-electron chi connectivity index (χ2n) is 7.67. The average Bonchev–Trinajstić information content (AvgIpc) is 3.16. The van der Waals surface area contributed by atoms with Gasteiger partial charge in [0.1, 0.15) is 5.82 Å². The van der Waals surface area contributed by atoms with Gasteiger partial charge in [-0.1, -0.05) is 30.7 Å². The van der Waals surface area contributed by atoms with Crippen molar-refractivity contribution < 1.29 is 4.79 Å². The zero-order valence-electron chi connectivity index (χ0n) is 16.8. The van der Waals surface area contributed by atoms with E-state index < -0.39 is 0 Å². The molecule has 154 valence electrons. The van der Waals surface area contributed by atoms with Crippen LogP contribution in [0.1, 0.15) is 36.1 Å². The minimum Gasteiger partial charge on any atom is -0.354 e. The van der Waals surface area contributed by atoms with Crippen LogP contribution in [0.4, 0.5) is 10.6 Å². The van der Waals surface area contributed by atoms with Gasteiger partial charge >= 0.3 is 6.03 Å². The number of benzene rings is 1. The van der Waals surface area contributed by atoms with Crippen LogP contribution in [0.5, 0.6) is 0 Å². The number of hydrogen-bond acceptors (Lipinski definition) is 4. The molecule has 2 aromatic rings. The highest BCUT2D eigenvalue weighted by molar-refractivity contribution is 6.31. The fourth-order valence-electron chi connectivity index (χ4n) is 4.19. The second kappa shape index (κ2) is 9.01. The van der Waals surface area contributed by atoms with Gasteiger partial charge in [0.05, 0.1) is 6.04 Å². The number of rotatable bonds is 5. The lowest BCUT2D eigenvalue weighted by molar-refractivity contribution is 0.236. The van der Waals surface area contributed by atoms with Gasteiger partial charge in [-0.3, -0.25) is 0 Å². The highest BCUT2D eigenvalue weighted by atomic mass is 35.5. The number of likely N-dealkylation sites (N-methyl/N-ethyl adjacent to an activating group) is 1. The number of amides is 2. The van der Waals surface area contributed by atoms with Crippen molar-refractivity contribution in [1.29, 1.82) is 0 Å². The number of piperazine rings is 1. The summed E-state index contributed by atoms with van der Waals surface area (Å²) in [5.41, 5.74) is 3.34. The second-order valence-corrected chi connectivity index (χ2v) is 8.08. The van der Waals surface area contributed by atoms with Crippen LogP contribution >= 0.6 is 11.6 Å². The van der Waals surface area contributed by atoms with Crippen molar-refractivity contribution in [2.24, 2.45) is 0 Å². The highest BCUT2D eigenvalue weighted by Gasteiger charge is 2.25. The zero-order valence-corrected chi connectivity index (χ0v) is 17.6. The van der Waals surface area contributed by atoms with E-state index >= 15 is 0 Å². The number of carbonyl (C=O) groups excluding carboxylic acids is 1. The number of nitrogens with zero attached hydrogens (tertiary/aromatic N) is 3. The third-order valence-corrected chi connectivity index (χ3v) is 6.28. The molecular weight excluding hydrogens is 386 g/mol. The lowest BCUT2D eigenvalue weighted by Gasteiger charge is -2.34. The first-order valence-electron chi connectivity index (χ1n) is 10.4. The van der Waals surface area contributed by atoms with Crippen molar-refractivity contribution in [3.63, 3.8) is 0 Å². The topological polar surface area (TPSA) is 60.5 Å². The van der Waals surface area contributed by atoms with Gasteiger partial charge in [0, 0.05) is 43.9 Å². The average molecular weight is 414 g/mol. The Morgan fingerprint density at radius 3 is 2.86 bits per heavy atom. The number of urea groups is 1. The van der Waals surface area contributed by atoms with Crippen LogP contribution in [0.15, 0.2) is 36.5 Å². The molecule has 1 saturated heterocycles. The van der Waals surface area contributed by atoms with Crippen LogP contribution in [0, 0.1) is 0 Å². The van der Waals surface area contributed by atoms with Crippen molar-refractivity contribution >= 4 is 23.4 Å². The molecular formula is C22H28ClN5O. The Kier molecular flexibility index (Phi) is 6.21. The van der Waals surface area contributed by atoms with Gasteiger partial charge in [-0.05, 0) is 54.3 Å². The van der Waals surface area contributed by atoms with E-state index in [0.29, 0.717) is 6.54 Å². The molecule has 1 fully saturated rings. The number of pyridine rings is 1. The minimum atomic E-state index is -0.155. The molecule has 1 aromatic carbocycles. The van der Waals surface area contributed by atoms with Gasteiger partial charge in [-0.25, -0.2) is 9.78 Å². The van der Waals surface area contributed by atoms with E-state index in [-0.39, 0.29) is 12.1 Å². The maximum Gasteiger partial charge on any atom is 0.315 e. The van der Waals surface area contributed by atoms with Crippen molar-refractivity contribution in [2.75, 3.05) is 37.6 Å². The monoisotopic (exact) mass is 413 g/mol. The van der Waals surface area contributed by atoms with Crippen LogP contribution in [0.25, 0.3) is 0 Å². The van der Waals surface area contributed by atoms with Crippen molar-refractivity contribution in [3.05, 3.63) is 58.2 Å². The molecule has 0 saturated carbocycles. The summed E-state index contributed by atoms with van der Waals surface area (Å²) in [6.07, 6.45) is 3.61. The summed E-state index contributed by atoms with van der Waals surface area (Å²) in [5, 5.41) is 6.85. The van der Waals surface area contributed by atoms with Gasteiger partial charge in [0.25, 0.3) is 0 Å². The molecule has 2 amide bonds. The molecule has 4 rings (SSSR count). The molecule has 2 N–H and O–H groups in total. The van der Waals surface area contributed by atoms with E-state index in [4.69, 9.17) is 11.6 Å². The number of aromatic nitrogens is 1. The Balaban J connectivity index is 1.31. The Morgan fingerprint density at radius 1 is 1.24 bits per heavy atom. The molecule has 0 radical (unpaired) electrons. The van der Waals surface area contributed by atoms with Crippen LogP contribution < -0.4 is 15.5 Å². The molecule has 6 nitrogen and oxygen atoms in total. The quantitative estimate of drug-likeness (QED) is 0.789. The Hall–Kier alpha value is -2.31. The fraction of sp³-hybridized carbons (Fsp3) is 0.455. The van der Waals surface area contributed by atoms with Gasteiger partial charge in [0.15, 0.2) is 0 Å². The normalized spacial score (nSPS) is 19.1. The Labute approximate surface area is 177 Å². The molecule has 7 heteroatoms. The molecule has 1 aliphatic heterocycles. The van der Waals surface area contributed by atoms with Crippen LogP contribution in [0.3, 0.4) is 0 Å². The predicted octanol–water partition coefficient (Wildman–Crippen LogP) is 3.36. The fourth-order valence-corrected chi connectivity index (χ4v) is 4.46. The number of anilines is 1. The predicted molar refractivity (Wildman–Crippen MR) is 116 cm³/mol. The van der Waals surface area contributed by atoms with Gasteiger partial charge in [0.2, 0.25) is 0 Å². The van der Waals surface area contributed by atoms with Crippen LogP contribution in [0.2, 0.25) is 5.02 Å². The van der Waals surface area contributed by atoms with Crippen LogP contribution in [-0.2, 0) is 13.0 Å². The molecule has 1 atom stereocenters. The largest absolute Gasteiger partial charge is 0.354 e. The summed E-state index contributed by atoms with van der Waals surface area (Å²) in [5.74, 6) is 0.986. The highest BCUT2D eigenvalue weighted by Crippen LogP contribution is 2.35. The maximum atomic E-state index is 12.4. The lowest BCUT2D eigenvalue weighted by atomic mass is 10.1. The molecule has 0 spiro atoms. The van der Waals surface area contributed by atoms with Crippen molar-refractivity contribution in [1.82, 2.24) is 20.5 Å². The molecule has 1 aliphatic carbocycles. The molecule has 1 aromatic heterocycles. The summed E-state index contributed by atoms with van der Waals surface area (Å²) >= 11 is 6.27. The summed E-state index contributed by atoms with van der Waals surface area (Å²) in [6, 6.07) is 9.80. The van der Waals surface area contributed by atoms with Gasteiger partial charge in [-0.15, -0.1) is 0 Å². The van der Waals surface area contributed by atoms with E-state index in [1.54, 1.807) is 0 Å². The standard InChI is InChI=1S/C22H28ClN5O/c1-2-27-10-12-28(13-11-27)21-14-16(8-9-24-21)15-25-22(29)26-20-7-6-17-18(20)4-3-5-19(17)23/h3-5,8-9,14,20H,2,6-7,10-13,15H2,1H3,(H2,25,26,29). The smallest absolute Gasteiger partial charge is 0.315 e.